The van der Waals surface area contributed by atoms with Gasteiger partial charge in [0.1, 0.15) is 5.75 Å². The van der Waals surface area contributed by atoms with E-state index in [9.17, 15) is 9.90 Å². The Morgan fingerprint density at radius 2 is 2.09 bits per heavy atom. The fourth-order valence-corrected chi connectivity index (χ4v) is 3.30. The number of nitrogens with one attached hydrogen (secondary N) is 1. The molecule has 6 heteroatoms. The summed E-state index contributed by atoms with van der Waals surface area (Å²) in [5.41, 5.74) is 2.75. The molecule has 1 fully saturated rings. The molecule has 0 radical (unpaired) electrons. The molecule has 0 saturated carbocycles. The van der Waals surface area contributed by atoms with E-state index in [4.69, 9.17) is 0 Å². The fraction of sp³-hybridized carbons (Fsp3) is 0.0588. The van der Waals surface area contributed by atoms with Crippen LogP contribution in [0.4, 0.5) is 5.69 Å². The summed E-state index contributed by atoms with van der Waals surface area (Å²) in [4.78, 5) is 17.1. The van der Waals surface area contributed by atoms with Crippen LogP contribution in [0.25, 0.3) is 6.08 Å². The van der Waals surface area contributed by atoms with Crippen molar-refractivity contribution in [3.05, 3.63) is 63.0 Å². The van der Waals surface area contributed by atoms with Crippen LogP contribution < -0.4 is 5.32 Å². The molecule has 1 heterocycles. The summed E-state index contributed by atoms with van der Waals surface area (Å²) in [7, 11) is 0. The Kier molecular flexibility index (Phi) is 4.54. The number of rotatable bonds is 2. The van der Waals surface area contributed by atoms with Gasteiger partial charge in [-0.3, -0.25) is 4.79 Å². The van der Waals surface area contributed by atoms with Gasteiger partial charge in [0.15, 0.2) is 5.17 Å². The molecule has 23 heavy (non-hydrogen) atoms. The Hall–Kier alpha value is -2.05. The topological polar surface area (TPSA) is 61.7 Å². The molecule has 0 spiro atoms. The summed E-state index contributed by atoms with van der Waals surface area (Å²) >= 11 is 4.56. The number of halogens is 1. The van der Waals surface area contributed by atoms with Crippen LogP contribution in [0.2, 0.25) is 0 Å². The third kappa shape index (κ3) is 3.83. The summed E-state index contributed by atoms with van der Waals surface area (Å²) in [6, 6.07) is 12.9. The van der Waals surface area contributed by atoms with E-state index in [2.05, 4.69) is 26.2 Å². The van der Waals surface area contributed by atoms with Crippen LogP contribution in [0.15, 0.2) is 56.8 Å². The number of carbonyl (C=O) groups is 1. The number of aliphatic imine (C=N–C) groups is 1. The smallest absolute Gasteiger partial charge is 0.264 e. The number of amidine groups is 1. The zero-order valence-electron chi connectivity index (χ0n) is 12.2. The predicted molar refractivity (Wildman–Crippen MR) is 97.8 cm³/mol. The van der Waals surface area contributed by atoms with E-state index in [0.717, 1.165) is 16.8 Å². The van der Waals surface area contributed by atoms with Crippen LogP contribution >= 0.6 is 27.7 Å². The van der Waals surface area contributed by atoms with Crippen LogP contribution in [0.1, 0.15) is 11.1 Å². The van der Waals surface area contributed by atoms with Crippen molar-refractivity contribution in [2.45, 2.75) is 6.92 Å². The lowest BCUT2D eigenvalue weighted by atomic mass is 10.2. The van der Waals surface area contributed by atoms with Crippen molar-refractivity contribution in [3.63, 3.8) is 0 Å². The van der Waals surface area contributed by atoms with Crippen molar-refractivity contribution >= 4 is 50.5 Å². The lowest BCUT2D eigenvalue weighted by Gasteiger charge is -1.99. The van der Waals surface area contributed by atoms with Gasteiger partial charge in [0.2, 0.25) is 0 Å². The number of hydrogen-bond acceptors (Lipinski definition) is 4. The highest BCUT2D eigenvalue weighted by molar-refractivity contribution is 9.10. The third-order valence-electron chi connectivity index (χ3n) is 3.15. The van der Waals surface area contributed by atoms with Crippen molar-refractivity contribution in [1.82, 2.24) is 5.32 Å². The van der Waals surface area contributed by atoms with Crippen molar-refractivity contribution in [2.75, 3.05) is 0 Å². The van der Waals surface area contributed by atoms with Crippen molar-refractivity contribution in [2.24, 2.45) is 4.99 Å². The van der Waals surface area contributed by atoms with E-state index in [1.807, 2.05) is 31.2 Å². The second-order valence-corrected chi connectivity index (χ2v) is 6.92. The lowest BCUT2D eigenvalue weighted by molar-refractivity contribution is -0.115. The number of phenols is 1. The van der Waals surface area contributed by atoms with Crippen LogP contribution in [0, 0.1) is 6.92 Å². The number of carbonyl (C=O) groups excluding carboxylic acids is 1. The Labute approximate surface area is 146 Å². The van der Waals surface area contributed by atoms with Crippen molar-refractivity contribution < 1.29 is 9.90 Å². The van der Waals surface area contributed by atoms with E-state index in [0.29, 0.717) is 14.5 Å². The molecule has 1 saturated heterocycles. The number of benzene rings is 2. The summed E-state index contributed by atoms with van der Waals surface area (Å²) in [5.74, 6) is -0.0111. The Morgan fingerprint density at radius 1 is 1.26 bits per heavy atom. The first-order valence-electron chi connectivity index (χ1n) is 6.86. The highest BCUT2D eigenvalue weighted by Gasteiger charge is 2.23. The van der Waals surface area contributed by atoms with Gasteiger partial charge in [0.25, 0.3) is 5.91 Å². The number of aromatic hydroxyl groups is 1. The molecule has 1 aliphatic rings. The maximum Gasteiger partial charge on any atom is 0.264 e. The van der Waals surface area contributed by atoms with Crippen molar-refractivity contribution in [1.29, 1.82) is 0 Å². The van der Waals surface area contributed by atoms with Crippen LogP contribution in [-0.4, -0.2) is 16.2 Å². The molecule has 0 unspecified atom stereocenters. The molecule has 3 rings (SSSR count). The average molecular weight is 389 g/mol. The number of aryl methyl sites for hydroxylation is 1. The number of thioether (sulfide) groups is 1. The molecule has 0 bridgehead atoms. The maximum absolute atomic E-state index is 12.1. The van der Waals surface area contributed by atoms with E-state index in [-0.39, 0.29) is 11.7 Å². The molecule has 0 aliphatic carbocycles. The number of nitrogens with zero attached hydrogens (tertiary/aromatic N) is 1. The predicted octanol–water partition coefficient (Wildman–Crippen LogP) is 4.35. The van der Waals surface area contributed by atoms with Gasteiger partial charge in [-0.25, -0.2) is 4.99 Å². The van der Waals surface area contributed by atoms with Gasteiger partial charge < -0.3 is 10.4 Å². The van der Waals surface area contributed by atoms with E-state index < -0.39 is 0 Å². The molecule has 2 aromatic rings. The zero-order valence-corrected chi connectivity index (χ0v) is 14.6. The summed E-state index contributed by atoms with van der Waals surface area (Å²) in [6.45, 7) is 2.00. The highest BCUT2D eigenvalue weighted by Crippen LogP contribution is 2.30. The van der Waals surface area contributed by atoms with Gasteiger partial charge in [-0.1, -0.05) is 18.2 Å². The van der Waals surface area contributed by atoms with Gasteiger partial charge in [-0.15, -0.1) is 0 Å². The molecule has 4 nitrogen and oxygen atoms in total. The first-order valence-corrected chi connectivity index (χ1v) is 8.47. The van der Waals surface area contributed by atoms with Gasteiger partial charge in [-0.05, 0) is 76.1 Å². The Bertz CT molecular complexity index is 846. The average Bonchev–Trinajstić information content (AvgIpc) is 2.83. The van der Waals surface area contributed by atoms with Crippen LogP contribution in [-0.2, 0) is 4.79 Å². The maximum atomic E-state index is 12.1. The van der Waals surface area contributed by atoms with Gasteiger partial charge in [0, 0.05) is 0 Å². The quantitative estimate of drug-likeness (QED) is 0.751. The zero-order chi connectivity index (χ0) is 16.4. The highest BCUT2D eigenvalue weighted by atomic mass is 79.9. The summed E-state index contributed by atoms with van der Waals surface area (Å²) in [6.07, 6.45) is 1.77. The SMILES string of the molecule is Cc1cccc(N=C2NC(=O)C(=Cc3ccc(O)c(Br)c3)S2)c1. The van der Waals surface area contributed by atoms with Crippen LogP contribution in [0.3, 0.4) is 0 Å². The minimum Gasteiger partial charge on any atom is -0.507 e. The normalized spacial score (nSPS) is 17.7. The molecule has 0 aromatic heterocycles. The monoisotopic (exact) mass is 388 g/mol. The Balaban J connectivity index is 1.84. The number of hydrogen-bond donors (Lipinski definition) is 2. The fourth-order valence-electron chi connectivity index (χ4n) is 2.06. The molecule has 0 atom stereocenters. The molecule has 2 aromatic carbocycles. The minimum absolute atomic E-state index is 0.164. The van der Waals surface area contributed by atoms with Gasteiger partial charge in [-0.2, -0.15) is 0 Å². The molecular formula is C17H13BrN2O2S. The van der Waals surface area contributed by atoms with Gasteiger partial charge in [0.05, 0.1) is 15.1 Å². The van der Waals surface area contributed by atoms with Crippen LogP contribution in [0.5, 0.6) is 5.75 Å². The van der Waals surface area contributed by atoms with Crippen molar-refractivity contribution in [3.8, 4) is 5.75 Å². The molecule has 2 N–H and O–H groups in total. The summed E-state index contributed by atoms with van der Waals surface area (Å²) in [5, 5.41) is 12.8. The minimum atomic E-state index is -0.175. The van der Waals surface area contributed by atoms with E-state index in [1.165, 1.54) is 11.8 Å². The molecular weight excluding hydrogens is 376 g/mol. The molecule has 116 valence electrons. The first-order chi connectivity index (χ1) is 11.0. The number of phenolic OH excluding ortho intramolecular Hbond substituents is 1. The largest absolute Gasteiger partial charge is 0.507 e. The van der Waals surface area contributed by atoms with E-state index in [1.54, 1.807) is 24.3 Å². The second kappa shape index (κ2) is 6.60. The second-order valence-electron chi connectivity index (χ2n) is 5.03. The Morgan fingerprint density at radius 3 is 2.83 bits per heavy atom. The standard InChI is InChI=1S/C17H13BrN2O2S/c1-10-3-2-4-12(7-10)19-17-20-16(22)15(23-17)9-11-5-6-14(21)13(18)8-11/h2-9,21H,1H3,(H,19,20,22). The van der Waals surface area contributed by atoms with Gasteiger partial charge >= 0.3 is 0 Å². The summed E-state index contributed by atoms with van der Waals surface area (Å²) < 4.78 is 0.587. The molecule has 1 aliphatic heterocycles. The lowest BCUT2D eigenvalue weighted by Crippen LogP contribution is -2.19. The molecule has 1 amide bonds. The third-order valence-corrected chi connectivity index (χ3v) is 4.70. The number of amides is 1. The van der Waals surface area contributed by atoms with E-state index >= 15 is 0 Å². The first kappa shape index (κ1) is 15.8.